The number of benzene rings is 1. The summed E-state index contributed by atoms with van der Waals surface area (Å²) in [6.07, 6.45) is 2.97. The fourth-order valence-corrected chi connectivity index (χ4v) is 3.77. The molecule has 0 fully saturated rings. The predicted octanol–water partition coefficient (Wildman–Crippen LogP) is 2.03. The molecule has 2 heterocycles. The van der Waals surface area contributed by atoms with Crippen LogP contribution in [0.15, 0.2) is 23.1 Å². The van der Waals surface area contributed by atoms with Crippen molar-refractivity contribution in [1.29, 1.82) is 0 Å². The van der Waals surface area contributed by atoms with Crippen molar-refractivity contribution >= 4 is 16.0 Å². The first kappa shape index (κ1) is 14.1. The van der Waals surface area contributed by atoms with Crippen molar-refractivity contribution in [3.63, 3.8) is 0 Å². The van der Waals surface area contributed by atoms with Crippen molar-refractivity contribution < 1.29 is 8.42 Å². The van der Waals surface area contributed by atoms with Gasteiger partial charge in [0.25, 0.3) is 16.0 Å². The molecule has 0 radical (unpaired) electrons. The largest absolute Gasteiger partial charge is 0.264 e. The minimum Gasteiger partial charge on any atom is -0.248 e. The smallest absolute Gasteiger partial charge is 0.248 e. The highest BCUT2D eigenvalue weighted by Crippen LogP contribution is 2.20. The van der Waals surface area contributed by atoms with Crippen molar-refractivity contribution in [2.24, 2.45) is 0 Å². The monoisotopic (exact) mass is 306 g/mol. The van der Waals surface area contributed by atoms with Crippen LogP contribution in [0.4, 0.5) is 5.95 Å². The van der Waals surface area contributed by atoms with E-state index in [2.05, 4.69) is 14.8 Å². The highest BCUT2D eigenvalue weighted by molar-refractivity contribution is 7.92. The molecule has 1 N–H and O–H groups in total. The van der Waals surface area contributed by atoms with Gasteiger partial charge in [0, 0.05) is 13.0 Å². The Hall–Kier alpha value is -1.89. The lowest BCUT2D eigenvalue weighted by atomic mass is 10.2. The second-order valence-electron chi connectivity index (χ2n) is 5.41. The molecule has 0 amide bonds. The Morgan fingerprint density at radius 2 is 2.05 bits per heavy atom. The summed E-state index contributed by atoms with van der Waals surface area (Å²) in [6, 6.07) is 5.35. The number of sulfonamides is 1. The Balaban J connectivity index is 1.92. The summed E-state index contributed by atoms with van der Waals surface area (Å²) in [6.45, 7) is 4.44. The van der Waals surface area contributed by atoms with Gasteiger partial charge in [-0.2, -0.15) is 4.98 Å². The number of nitrogens with one attached hydrogen (secondary N) is 1. The summed E-state index contributed by atoms with van der Waals surface area (Å²) in [5.74, 6) is 1.01. The summed E-state index contributed by atoms with van der Waals surface area (Å²) in [7, 11) is -3.65. The molecule has 112 valence electrons. The summed E-state index contributed by atoms with van der Waals surface area (Å²) in [5.41, 5.74) is 1.61. The number of aromatic nitrogens is 3. The summed E-state index contributed by atoms with van der Waals surface area (Å²) < 4.78 is 29.2. The maximum Gasteiger partial charge on any atom is 0.264 e. The zero-order valence-corrected chi connectivity index (χ0v) is 12.9. The Bertz CT molecular complexity index is 757. The Morgan fingerprint density at radius 1 is 1.24 bits per heavy atom. The standard InChI is InChI=1S/C14H18N4O2S/c1-10-6-7-11(2)12(9-10)21(19,20)17-14-15-13-5-3-4-8-18(13)16-14/h6-7,9H,3-5,8H2,1-2H3,(H,16,17). The van der Waals surface area contributed by atoms with E-state index in [1.54, 1.807) is 23.7 Å². The van der Waals surface area contributed by atoms with Crippen LogP contribution in [0.25, 0.3) is 0 Å². The van der Waals surface area contributed by atoms with Crippen LogP contribution >= 0.6 is 0 Å². The molecule has 6 nitrogen and oxygen atoms in total. The maximum atomic E-state index is 12.5. The average Bonchev–Trinajstić information content (AvgIpc) is 2.82. The Labute approximate surface area is 124 Å². The van der Waals surface area contributed by atoms with Gasteiger partial charge in [0.1, 0.15) is 5.82 Å². The lowest BCUT2D eigenvalue weighted by Gasteiger charge is -2.09. The molecule has 0 atom stereocenters. The molecular weight excluding hydrogens is 288 g/mol. The van der Waals surface area contributed by atoms with Crippen molar-refractivity contribution in [3.05, 3.63) is 35.2 Å². The summed E-state index contributed by atoms with van der Waals surface area (Å²) in [4.78, 5) is 4.55. The van der Waals surface area contributed by atoms with Gasteiger partial charge < -0.3 is 0 Å². The van der Waals surface area contributed by atoms with Crippen LogP contribution in [-0.4, -0.2) is 23.2 Å². The van der Waals surface area contributed by atoms with E-state index >= 15 is 0 Å². The number of fused-ring (bicyclic) bond motifs is 1. The molecule has 1 aromatic carbocycles. The Morgan fingerprint density at radius 3 is 2.81 bits per heavy atom. The first-order valence-electron chi connectivity index (χ1n) is 6.99. The molecule has 1 aromatic heterocycles. The van der Waals surface area contributed by atoms with Crippen LogP contribution in [0.2, 0.25) is 0 Å². The van der Waals surface area contributed by atoms with Gasteiger partial charge in [-0.1, -0.05) is 12.1 Å². The quantitative estimate of drug-likeness (QED) is 0.941. The van der Waals surface area contributed by atoms with Crippen LogP contribution < -0.4 is 4.72 Å². The number of aryl methyl sites for hydroxylation is 4. The molecule has 3 rings (SSSR count). The molecule has 1 aliphatic heterocycles. The maximum absolute atomic E-state index is 12.5. The van der Waals surface area contributed by atoms with Crippen LogP contribution in [0.1, 0.15) is 29.8 Å². The molecule has 0 spiro atoms. The third-order valence-corrected chi connectivity index (χ3v) is 5.10. The molecule has 1 aliphatic rings. The Kier molecular flexibility index (Phi) is 3.44. The minimum atomic E-state index is -3.65. The first-order valence-corrected chi connectivity index (χ1v) is 8.48. The second kappa shape index (κ2) is 5.14. The lowest BCUT2D eigenvalue weighted by molar-refractivity contribution is 0.480. The number of anilines is 1. The van der Waals surface area contributed by atoms with E-state index < -0.39 is 10.0 Å². The van der Waals surface area contributed by atoms with Gasteiger partial charge >= 0.3 is 0 Å². The molecule has 7 heteroatoms. The minimum absolute atomic E-state index is 0.160. The zero-order chi connectivity index (χ0) is 15.0. The van der Waals surface area contributed by atoms with Gasteiger partial charge in [0.15, 0.2) is 0 Å². The molecule has 0 saturated heterocycles. The summed E-state index contributed by atoms with van der Waals surface area (Å²) >= 11 is 0. The summed E-state index contributed by atoms with van der Waals surface area (Å²) in [5, 5.41) is 4.23. The predicted molar refractivity (Wildman–Crippen MR) is 79.7 cm³/mol. The average molecular weight is 306 g/mol. The highest BCUT2D eigenvalue weighted by atomic mass is 32.2. The normalized spacial score (nSPS) is 14.8. The van der Waals surface area contributed by atoms with Crippen molar-refractivity contribution in [2.75, 3.05) is 4.72 Å². The van der Waals surface area contributed by atoms with Crippen LogP contribution in [-0.2, 0) is 23.0 Å². The van der Waals surface area contributed by atoms with E-state index in [9.17, 15) is 8.42 Å². The van der Waals surface area contributed by atoms with E-state index in [0.717, 1.165) is 37.2 Å². The van der Waals surface area contributed by atoms with Crippen LogP contribution in [0.5, 0.6) is 0 Å². The number of nitrogens with zero attached hydrogens (tertiary/aromatic N) is 3. The van der Waals surface area contributed by atoms with Gasteiger partial charge in [-0.05, 0) is 43.9 Å². The fourth-order valence-electron chi connectivity index (χ4n) is 2.50. The molecule has 0 aliphatic carbocycles. The SMILES string of the molecule is Cc1ccc(C)c(S(=O)(=O)Nc2nc3n(n2)CCCC3)c1. The molecule has 2 aromatic rings. The molecule has 0 saturated carbocycles. The number of hydrogen-bond acceptors (Lipinski definition) is 4. The van der Waals surface area contributed by atoms with Crippen LogP contribution in [0, 0.1) is 13.8 Å². The van der Waals surface area contributed by atoms with E-state index in [-0.39, 0.29) is 10.8 Å². The van der Waals surface area contributed by atoms with Gasteiger partial charge in [-0.15, -0.1) is 5.10 Å². The van der Waals surface area contributed by atoms with Crippen molar-refractivity contribution in [2.45, 2.75) is 44.6 Å². The zero-order valence-electron chi connectivity index (χ0n) is 12.1. The molecule has 0 unspecified atom stereocenters. The van der Waals surface area contributed by atoms with Crippen molar-refractivity contribution in [1.82, 2.24) is 14.8 Å². The van der Waals surface area contributed by atoms with Gasteiger partial charge in [0.2, 0.25) is 0 Å². The van der Waals surface area contributed by atoms with Gasteiger partial charge in [-0.3, -0.25) is 0 Å². The van der Waals surface area contributed by atoms with E-state index in [0.29, 0.717) is 5.56 Å². The molecule has 21 heavy (non-hydrogen) atoms. The molecule has 0 bridgehead atoms. The third-order valence-electron chi connectivity index (χ3n) is 3.63. The van der Waals surface area contributed by atoms with Gasteiger partial charge in [0.05, 0.1) is 4.90 Å². The fraction of sp³-hybridized carbons (Fsp3) is 0.429. The first-order chi connectivity index (χ1) is 9.95. The second-order valence-corrected chi connectivity index (χ2v) is 7.06. The number of hydrogen-bond donors (Lipinski definition) is 1. The highest BCUT2D eigenvalue weighted by Gasteiger charge is 2.21. The van der Waals surface area contributed by atoms with Crippen LogP contribution in [0.3, 0.4) is 0 Å². The topological polar surface area (TPSA) is 76.9 Å². The lowest BCUT2D eigenvalue weighted by Crippen LogP contribution is -2.15. The third kappa shape index (κ3) is 2.78. The van der Waals surface area contributed by atoms with E-state index in [1.807, 2.05) is 13.0 Å². The van der Waals surface area contributed by atoms with Crippen molar-refractivity contribution in [3.8, 4) is 0 Å². The number of rotatable bonds is 3. The molecular formula is C14H18N4O2S. The van der Waals surface area contributed by atoms with E-state index in [1.165, 1.54) is 0 Å². The van der Waals surface area contributed by atoms with Gasteiger partial charge in [-0.25, -0.2) is 17.8 Å². The van der Waals surface area contributed by atoms with E-state index in [4.69, 9.17) is 0 Å².